The van der Waals surface area contributed by atoms with Gasteiger partial charge in [0.05, 0.1) is 17.0 Å². The van der Waals surface area contributed by atoms with Crippen molar-refractivity contribution in [2.45, 2.75) is 28.0 Å². The Morgan fingerprint density at radius 3 is 2.73 bits per heavy atom. The number of ether oxygens (including phenoxy) is 1. The Hall–Kier alpha value is -3.67. The summed E-state index contributed by atoms with van der Waals surface area (Å²) in [5, 5.41) is 19.6. The molecule has 0 atom stereocenters. The van der Waals surface area contributed by atoms with E-state index in [9.17, 15) is 5.26 Å². The van der Waals surface area contributed by atoms with Gasteiger partial charge in [0.25, 0.3) is 0 Å². The third kappa shape index (κ3) is 3.46. The molecule has 2 aromatic carbocycles. The Morgan fingerprint density at radius 2 is 1.91 bits per heavy atom. The number of nitrogens with one attached hydrogen (secondary N) is 1. The smallest absolute Gasteiger partial charge is 0.204 e. The maximum absolute atomic E-state index is 9.92. The third-order valence-electron chi connectivity index (χ3n) is 6.23. The minimum absolute atomic E-state index is 0.458. The monoisotopic (exact) mass is 452 g/mol. The number of rotatable bonds is 4. The lowest BCUT2D eigenvalue weighted by atomic mass is 9.75. The number of nitrogens with zero attached hydrogens (tertiary/aromatic N) is 5. The van der Waals surface area contributed by atoms with Crippen molar-refractivity contribution in [2.24, 2.45) is 0 Å². The number of aromatic amines is 1. The van der Waals surface area contributed by atoms with Crippen LogP contribution in [-0.2, 0) is 10.2 Å². The van der Waals surface area contributed by atoms with Crippen molar-refractivity contribution in [1.29, 1.82) is 5.26 Å². The number of hydrogen-bond acceptors (Lipinski definition) is 6. The molecule has 1 aliphatic rings. The van der Waals surface area contributed by atoms with E-state index in [2.05, 4.69) is 68.7 Å². The number of imidazole rings is 1. The van der Waals surface area contributed by atoms with Gasteiger partial charge in [-0.2, -0.15) is 5.26 Å². The molecule has 1 aliphatic heterocycles. The summed E-state index contributed by atoms with van der Waals surface area (Å²) in [5.74, 6) is 1.37. The lowest BCUT2D eigenvalue weighted by Crippen LogP contribution is -2.32. The lowest BCUT2D eigenvalue weighted by molar-refractivity contribution is 0.0675. The van der Waals surface area contributed by atoms with Crippen molar-refractivity contribution < 1.29 is 4.74 Å². The van der Waals surface area contributed by atoms with Gasteiger partial charge in [-0.1, -0.05) is 23.9 Å². The average Bonchev–Trinajstić information content (AvgIpc) is 3.54. The van der Waals surface area contributed by atoms with Crippen molar-refractivity contribution in [1.82, 2.24) is 24.6 Å². The van der Waals surface area contributed by atoms with Crippen LogP contribution in [0.25, 0.3) is 28.2 Å². The molecule has 5 aromatic rings. The predicted octanol–water partition coefficient (Wildman–Crippen LogP) is 5.00. The van der Waals surface area contributed by atoms with Crippen LogP contribution < -0.4 is 0 Å². The number of nitriles is 1. The molecule has 0 radical (unpaired) electrons. The van der Waals surface area contributed by atoms with E-state index in [1.165, 1.54) is 0 Å². The SMILES string of the molecule is N#CC1(c2cccc(Sc3ccc4c(ccc5nnc(-c6ncc[nH]6)n54)c3)c2)CCOCC1. The van der Waals surface area contributed by atoms with Crippen molar-refractivity contribution in [3.05, 3.63) is 72.6 Å². The topological polar surface area (TPSA) is 91.9 Å². The highest BCUT2D eigenvalue weighted by molar-refractivity contribution is 7.99. The molecule has 3 aromatic heterocycles. The maximum Gasteiger partial charge on any atom is 0.204 e. The average molecular weight is 453 g/mol. The largest absolute Gasteiger partial charge is 0.381 e. The molecule has 1 saturated heterocycles. The standard InChI is InChI=1S/C25H20N6OS/c26-16-25(8-12-32-13-9-25)18-2-1-3-19(15-18)33-20-5-6-21-17(14-20)4-7-22-29-30-24(31(21)22)23-27-10-11-28-23/h1-7,10-11,14-15H,8-9,12-13H2,(H,27,28). The Morgan fingerprint density at radius 1 is 1.03 bits per heavy atom. The first-order chi connectivity index (χ1) is 16.3. The summed E-state index contributed by atoms with van der Waals surface area (Å²) in [6.07, 6.45) is 4.96. The molecule has 33 heavy (non-hydrogen) atoms. The second-order valence-electron chi connectivity index (χ2n) is 8.15. The molecule has 0 unspecified atom stereocenters. The number of hydrogen-bond donors (Lipinski definition) is 1. The summed E-state index contributed by atoms with van der Waals surface area (Å²) in [5.41, 5.74) is 2.42. The zero-order valence-electron chi connectivity index (χ0n) is 17.7. The predicted molar refractivity (Wildman–Crippen MR) is 126 cm³/mol. The molecule has 0 spiro atoms. The molecule has 0 aliphatic carbocycles. The molecule has 1 fully saturated rings. The molecule has 162 valence electrons. The van der Waals surface area contributed by atoms with E-state index in [0.29, 0.717) is 24.9 Å². The number of aromatic nitrogens is 5. The second kappa shape index (κ2) is 8.03. The number of fused-ring (bicyclic) bond motifs is 3. The van der Waals surface area contributed by atoms with Crippen LogP contribution in [0.15, 0.2) is 76.8 Å². The van der Waals surface area contributed by atoms with Crippen molar-refractivity contribution >= 4 is 28.3 Å². The maximum atomic E-state index is 9.92. The second-order valence-corrected chi connectivity index (χ2v) is 9.29. The van der Waals surface area contributed by atoms with Crippen LogP contribution in [0.4, 0.5) is 0 Å². The van der Waals surface area contributed by atoms with Gasteiger partial charge in [-0.25, -0.2) is 4.98 Å². The van der Waals surface area contributed by atoms with Crippen molar-refractivity contribution in [2.75, 3.05) is 13.2 Å². The van der Waals surface area contributed by atoms with Crippen LogP contribution in [0.3, 0.4) is 0 Å². The molecular formula is C25H20N6OS. The van der Waals surface area contributed by atoms with Gasteiger partial charge in [0, 0.05) is 35.4 Å². The van der Waals surface area contributed by atoms with Gasteiger partial charge in [-0.15, -0.1) is 10.2 Å². The van der Waals surface area contributed by atoms with Gasteiger partial charge >= 0.3 is 0 Å². The first kappa shape index (κ1) is 20.0. The number of pyridine rings is 1. The van der Waals surface area contributed by atoms with Crippen LogP contribution >= 0.6 is 11.8 Å². The normalized spacial score (nSPS) is 15.6. The molecule has 0 saturated carbocycles. The van der Waals surface area contributed by atoms with Crippen LogP contribution in [0, 0.1) is 11.3 Å². The van der Waals surface area contributed by atoms with Gasteiger partial charge in [0.15, 0.2) is 11.5 Å². The van der Waals surface area contributed by atoms with E-state index in [0.717, 1.165) is 44.7 Å². The summed E-state index contributed by atoms with van der Waals surface area (Å²) in [6, 6.07) is 21.4. The van der Waals surface area contributed by atoms with E-state index in [4.69, 9.17) is 4.74 Å². The molecule has 4 heterocycles. The van der Waals surface area contributed by atoms with Crippen LogP contribution in [-0.4, -0.2) is 37.8 Å². The fourth-order valence-electron chi connectivity index (χ4n) is 4.46. The molecule has 8 heteroatoms. The Kier molecular flexibility index (Phi) is 4.86. The minimum Gasteiger partial charge on any atom is -0.381 e. The molecule has 6 rings (SSSR count). The first-order valence-electron chi connectivity index (χ1n) is 10.8. The highest BCUT2D eigenvalue weighted by Gasteiger charge is 2.34. The fraction of sp³-hybridized carbons (Fsp3) is 0.200. The first-order valence-corrected chi connectivity index (χ1v) is 11.6. The van der Waals surface area contributed by atoms with Gasteiger partial charge in [0.1, 0.15) is 0 Å². The highest BCUT2D eigenvalue weighted by Crippen LogP contribution is 2.38. The quantitative estimate of drug-likeness (QED) is 0.413. The van der Waals surface area contributed by atoms with E-state index < -0.39 is 5.41 Å². The molecule has 1 N–H and O–H groups in total. The van der Waals surface area contributed by atoms with Crippen molar-refractivity contribution in [3.63, 3.8) is 0 Å². The third-order valence-corrected chi connectivity index (χ3v) is 7.21. The highest BCUT2D eigenvalue weighted by atomic mass is 32.2. The van der Waals surface area contributed by atoms with E-state index in [-0.39, 0.29) is 0 Å². The Labute approximate surface area is 194 Å². The van der Waals surface area contributed by atoms with Gasteiger partial charge < -0.3 is 9.72 Å². The number of H-pyrrole nitrogens is 1. The zero-order chi connectivity index (χ0) is 22.3. The number of benzene rings is 2. The Bertz CT molecular complexity index is 1490. The molecule has 7 nitrogen and oxygen atoms in total. The zero-order valence-corrected chi connectivity index (χ0v) is 18.5. The van der Waals surface area contributed by atoms with Gasteiger partial charge in [-0.05, 0) is 66.3 Å². The van der Waals surface area contributed by atoms with E-state index in [1.54, 1.807) is 24.2 Å². The van der Waals surface area contributed by atoms with Crippen LogP contribution in [0.1, 0.15) is 18.4 Å². The fourth-order valence-corrected chi connectivity index (χ4v) is 5.39. The van der Waals surface area contributed by atoms with E-state index >= 15 is 0 Å². The minimum atomic E-state index is -0.458. The summed E-state index contributed by atoms with van der Waals surface area (Å²) in [6.45, 7) is 1.26. The van der Waals surface area contributed by atoms with E-state index in [1.807, 2.05) is 16.5 Å². The molecular weight excluding hydrogens is 432 g/mol. The Balaban J connectivity index is 1.36. The summed E-state index contributed by atoms with van der Waals surface area (Å²) < 4.78 is 7.52. The van der Waals surface area contributed by atoms with Crippen LogP contribution in [0.5, 0.6) is 0 Å². The van der Waals surface area contributed by atoms with Gasteiger partial charge in [0.2, 0.25) is 5.82 Å². The summed E-state index contributed by atoms with van der Waals surface area (Å²) in [7, 11) is 0. The van der Waals surface area contributed by atoms with Crippen molar-refractivity contribution in [3.8, 4) is 17.7 Å². The summed E-state index contributed by atoms with van der Waals surface area (Å²) >= 11 is 1.70. The van der Waals surface area contributed by atoms with Gasteiger partial charge in [-0.3, -0.25) is 4.40 Å². The van der Waals surface area contributed by atoms with Crippen LogP contribution in [0.2, 0.25) is 0 Å². The molecule has 0 bridgehead atoms. The lowest BCUT2D eigenvalue weighted by Gasteiger charge is -2.31. The summed E-state index contributed by atoms with van der Waals surface area (Å²) in [4.78, 5) is 9.70. The molecule has 0 amide bonds.